The molecule has 0 unspecified atom stereocenters. The lowest BCUT2D eigenvalue weighted by Crippen LogP contribution is -2.39. The zero-order chi connectivity index (χ0) is 16.4. The number of carbonyl (C=O) groups is 1. The van der Waals surface area contributed by atoms with Gasteiger partial charge in [0.25, 0.3) is 0 Å². The van der Waals surface area contributed by atoms with Gasteiger partial charge >= 0.3 is 0 Å². The maximum absolute atomic E-state index is 11.6. The van der Waals surface area contributed by atoms with E-state index in [1.54, 1.807) is 14.1 Å². The Morgan fingerprint density at radius 3 is 2.41 bits per heavy atom. The van der Waals surface area contributed by atoms with Crippen LogP contribution >= 0.6 is 11.6 Å². The molecule has 2 N–H and O–H groups in total. The highest BCUT2D eigenvalue weighted by Crippen LogP contribution is 2.09. The molecule has 6 heteroatoms. The highest BCUT2D eigenvalue weighted by Gasteiger charge is 2.04. The Kier molecular flexibility index (Phi) is 8.36. The molecule has 1 amide bonds. The highest BCUT2D eigenvalue weighted by atomic mass is 35.5. The number of amides is 1. The maximum Gasteiger partial charge on any atom is 0.243 e. The quantitative estimate of drug-likeness (QED) is 0.595. The molecule has 22 heavy (non-hydrogen) atoms. The maximum atomic E-state index is 11.6. The predicted octanol–water partition coefficient (Wildman–Crippen LogP) is 1.92. The predicted molar refractivity (Wildman–Crippen MR) is 92.4 cm³/mol. The van der Waals surface area contributed by atoms with Gasteiger partial charge < -0.3 is 15.5 Å². The van der Waals surface area contributed by atoms with Gasteiger partial charge in [0.05, 0.1) is 0 Å². The summed E-state index contributed by atoms with van der Waals surface area (Å²) in [6, 6.07) is 7.79. The van der Waals surface area contributed by atoms with Gasteiger partial charge in [-0.2, -0.15) is 0 Å². The molecule has 0 aliphatic rings. The second-order valence-corrected chi connectivity index (χ2v) is 5.62. The zero-order valence-corrected chi connectivity index (χ0v) is 14.3. The Morgan fingerprint density at radius 1 is 1.18 bits per heavy atom. The molecule has 0 aromatic heterocycles. The number of halogens is 1. The summed E-state index contributed by atoms with van der Waals surface area (Å²) < 4.78 is 0. The van der Waals surface area contributed by atoms with Crippen LogP contribution in [0, 0.1) is 0 Å². The van der Waals surface area contributed by atoms with Crippen molar-refractivity contribution in [3.8, 4) is 0 Å². The number of benzene rings is 1. The van der Waals surface area contributed by atoms with Crippen molar-refractivity contribution in [2.75, 3.05) is 33.7 Å². The summed E-state index contributed by atoms with van der Waals surface area (Å²) >= 11 is 5.87. The van der Waals surface area contributed by atoms with E-state index in [9.17, 15) is 4.79 Å². The van der Waals surface area contributed by atoms with E-state index in [0.29, 0.717) is 5.96 Å². The number of nitrogens with zero attached hydrogens (tertiary/aromatic N) is 2. The first-order valence-electron chi connectivity index (χ1n) is 7.49. The van der Waals surface area contributed by atoms with Crippen LogP contribution in [-0.2, 0) is 11.2 Å². The summed E-state index contributed by atoms with van der Waals surface area (Å²) in [5.41, 5.74) is 1.20. The monoisotopic (exact) mass is 324 g/mol. The van der Waals surface area contributed by atoms with Crippen LogP contribution in [0.15, 0.2) is 29.3 Å². The number of rotatable bonds is 7. The topological polar surface area (TPSA) is 56.7 Å². The molecule has 5 nitrogen and oxygen atoms in total. The van der Waals surface area contributed by atoms with Gasteiger partial charge in [-0.15, -0.1) is 0 Å². The molecular formula is C16H25ClN4O. The summed E-state index contributed by atoms with van der Waals surface area (Å²) in [5.74, 6) is 0.654. The lowest BCUT2D eigenvalue weighted by molar-refractivity contribution is -0.127. The van der Waals surface area contributed by atoms with E-state index >= 15 is 0 Å². The average Bonchev–Trinajstić information content (AvgIpc) is 2.50. The van der Waals surface area contributed by atoms with E-state index < -0.39 is 0 Å². The van der Waals surface area contributed by atoms with Crippen LogP contribution in [0.1, 0.15) is 18.9 Å². The molecule has 0 aliphatic carbocycles. The van der Waals surface area contributed by atoms with Crippen molar-refractivity contribution in [3.63, 3.8) is 0 Å². The van der Waals surface area contributed by atoms with Crippen molar-refractivity contribution in [1.82, 2.24) is 15.5 Å². The van der Waals surface area contributed by atoms with Gasteiger partial charge in [-0.25, -0.2) is 4.99 Å². The number of aliphatic imine (C=N–C) groups is 1. The zero-order valence-electron chi connectivity index (χ0n) is 13.5. The fourth-order valence-electron chi connectivity index (χ4n) is 1.68. The highest BCUT2D eigenvalue weighted by molar-refractivity contribution is 6.30. The van der Waals surface area contributed by atoms with E-state index in [2.05, 4.69) is 22.5 Å². The van der Waals surface area contributed by atoms with Crippen LogP contribution in [0.4, 0.5) is 0 Å². The summed E-state index contributed by atoms with van der Waals surface area (Å²) in [6.45, 7) is 3.80. The van der Waals surface area contributed by atoms with Gasteiger partial charge in [0.15, 0.2) is 5.96 Å². The van der Waals surface area contributed by atoms with E-state index in [1.807, 2.05) is 24.3 Å². The van der Waals surface area contributed by atoms with Crippen molar-refractivity contribution < 1.29 is 4.79 Å². The summed E-state index contributed by atoms with van der Waals surface area (Å²) in [6.07, 6.45) is 1.87. The molecule has 1 aromatic carbocycles. The molecule has 122 valence electrons. The summed E-state index contributed by atoms with van der Waals surface area (Å²) in [4.78, 5) is 17.4. The minimum atomic E-state index is -0.0182. The Balaban J connectivity index is 2.48. The lowest BCUT2D eigenvalue weighted by Gasteiger charge is -2.13. The number of carbonyl (C=O) groups excluding carboxylic acids is 1. The van der Waals surface area contributed by atoms with Crippen LogP contribution in [0.25, 0.3) is 0 Å². The van der Waals surface area contributed by atoms with Crippen molar-refractivity contribution in [2.45, 2.75) is 19.8 Å². The molecule has 0 heterocycles. The molecule has 0 radical (unpaired) electrons. The Hall–Kier alpha value is -1.75. The fourth-order valence-corrected chi connectivity index (χ4v) is 1.81. The van der Waals surface area contributed by atoms with E-state index in [1.165, 1.54) is 10.5 Å². The minimum Gasteiger partial charge on any atom is -0.356 e. The third-order valence-corrected chi connectivity index (χ3v) is 3.29. The van der Waals surface area contributed by atoms with Gasteiger partial charge in [-0.3, -0.25) is 4.79 Å². The molecule has 1 rings (SSSR count). The molecule has 0 saturated carbocycles. The average molecular weight is 325 g/mol. The second-order valence-electron chi connectivity index (χ2n) is 5.18. The Morgan fingerprint density at radius 2 is 1.82 bits per heavy atom. The Bertz CT molecular complexity index is 485. The number of guanidine groups is 1. The molecule has 0 bridgehead atoms. The van der Waals surface area contributed by atoms with E-state index in [-0.39, 0.29) is 12.5 Å². The SMILES string of the molecule is CCCNC(=NCC(=O)N(C)C)NCCc1ccc(Cl)cc1. The van der Waals surface area contributed by atoms with Crippen molar-refractivity contribution >= 4 is 23.5 Å². The van der Waals surface area contributed by atoms with Crippen molar-refractivity contribution in [1.29, 1.82) is 0 Å². The molecule has 0 aliphatic heterocycles. The van der Waals surface area contributed by atoms with Crippen LogP contribution < -0.4 is 10.6 Å². The van der Waals surface area contributed by atoms with Gasteiger partial charge in [0.2, 0.25) is 5.91 Å². The first kappa shape index (κ1) is 18.3. The molecule has 0 atom stereocenters. The van der Waals surface area contributed by atoms with Crippen LogP contribution in [-0.4, -0.2) is 50.5 Å². The second kappa shape index (κ2) is 10.1. The number of nitrogens with one attached hydrogen (secondary N) is 2. The minimum absolute atomic E-state index is 0.0182. The molecule has 1 aromatic rings. The third kappa shape index (κ3) is 7.31. The largest absolute Gasteiger partial charge is 0.356 e. The van der Waals surface area contributed by atoms with Crippen molar-refractivity contribution in [3.05, 3.63) is 34.9 Å². The molecule has 0 spiro atoms. The summed E-state index contributed by atoms with van der Waals surface area (Å²) in [5, 5.41) is 7.19. The fraction of sp³-hybridized carbons (Fsp3) is 0.500. The first-order chi connectivity index (χ1) is 10.5. The molecule has 0 saturated heterocycles. The number of likely N-dealkylation sites (N-methyl/N-ethyl adjacent to an activating group) is 1. The van der Waals surface area contributed by atoms with Gasteiger partial charge in [-0.1, -0.05) is 30.7 Å². The van der Waals surface area contributed by atoms with Gasteiger partial charge in [0, 0.05) is 32.2 Å². The van der Waals surface area contributed by atoms with Crippen LogP contribution in [0.3, 0.4) is 0 Å². The first-order valence-corrected chi connectivity index (χ1v) is 7.87. The summed E-state index contributed by atoms with van der Waals surface area (Å²) in [7, 11) is 3.45. The molecule has 0 fully saturated rings. The number of hydrogen-bond acceptors (Lipinski definition) is 2. The third-order valence-electron chi connectivity index (χ3n) is 3.03. The standard InChI is InChI=1S/C16H25ClN4O/c1-4-10-18-16(20-12-15(22)21(2)3)19-11-9-13-5-7-14(17)8-6-13/h5-8H,4,9-12H2,1-3H3,(H2,18,19,20). The van der Waals surface area contributed by atoms with Crippen molar-refractivity contribution in [2.24, 2.45) is 4.99 Å². The lowest BCUT2D eigenvalue weighted by atomic mass is 10.1. The van der Waals surface area contributed by atoms with Gasteiger partial charge in [0.1, 0.15) is 6.54 Å². The number of hydrogen-bond donors (Lipinski definition) is 2. The van der Waals surface area contributed by atoms with Crippen LogP contribution in [0.5, 0.6) is 0 Å². The van der Waals surface area contributed by atoms with Gasteiger partial charge in [-0.05, 0) is 30.5 Å². The molecular weight excluding hydrogens is 300 g/mol. The van der Waals surface area contributed by atoms with Crippen LogP contribution in [0.2, 0.25) is 5.02 Å². The normalized spacial score (nSPS) is 11.2. The van der Waals surface area contributed by atoms with E-state index in [0.717, 1.165) is 31.0 Å². The smallest absolute Gasteiger partial charge is 0.243 e. The Labute approximate surface area is 137 Å². The van der Waals surface area contributed by atoms with E-state index in [4.69, 9.17) is 11.6 Å².